The number of nitrogens with one attached hydrogen (secondary N) is 1. The summed E-state index contributed by atoms with van der Waals surface area (Å²) in [6, 6.07) is 6.90. The van der Waals surface area contributed by atoms with E-state index in [9.17, 15) is 19.1 Å². The fourth-order valence-corrected chi connectivity index (χ4v) is 4.10. The van der Waals surface area contributed by atoms with E-state index < -0.39 is 34.9 Å². The summed E-state index contributed by atoms with van der Waals surface area (Å²) in [5.74, 6) is -4.05. The second-order valence-corrected chi connectivity index (χ2v) is 8.91. The SMILES string of the molecule is COCc1nc(N[C@H](C)c2cccc(C(F)(F)C(C)O)c2F)c2cc(C3(C#N)CC3)c(OC)nc2n1. The Morgan fingerprint density at radius 3 is 2.53 bits per heavy atom. The predicted octanol–water partition coefficient (Wildman–Crippen LogP) is 4.52. The van der Waals surface area contributed by atoms with Crippen LogP contribution in [0.2, 0.25) is 0 Å². The molecule has 0 saturated heterocycles. The molecule has 1 aliphatic rings. The standard InChI is InChI=1S/C25H26F3N5O3/c1-13(15-6-5-7-17(20(15)26)25(27,28)14(2)34)30-21-16-10-18(24(12-29)8-9-24)23(36-4)33-22(16)32-19(31-21)11-35-3/h5-7,10,13-14,34H,8-9,11H2,1-4H3,(H,30,31,32,33)/t13-,14?/m1/s1. The third kappa shape index (κ3) is 4.42. The third-order valence-corrected chi connectivity index (χ3v) is 6.38. The van der Waals surface area contributed by atoms with Gasteiger partial charge in [-0.25, -0.2) is 14.4 Å². The Balaban J connectivity index is 1.82. The summed E-state index contributed by atoms with van der Waals surface area (Å²) < 4.78 is 54.7. The number of anilines is 1. The first-order chi connectivity index (χ1) is 17.1. The zero-order valence-electron chi connectivity index (χ0n) is 20.3. The van der Waals surface area contributed by atoms with E-state index in [1.165, 1.54) is 26.4 Å². The zero-order valence-corrected chi connectivity index (χ0v) is 20.3. The predicted molar refractivity (Wildman–Crippen MR) is 125 cm³/mol. The largest absolute Gasteiger partial charge is 0.481 e. The number of nitrogens with zero attached hydrogens (tertiary/aromatic N) is 4. The average Bonchev–Trinajstić information content (AvgIpc) is 3.64. The van der Waals surface area contributed by atoms with Gasteiger partial charge in [-0.05, 0) is 38.8 Å². The smallest absolute Gasteiger partial charge is 0.301 e. The van der Waals surface area contributed by atoms with Crippen LogP contribution < -0.4 is 10.1 Å². The highest BCUT2D eigenvalue weighted by Gasteiger charge is 2.48. The molecule has 3 aromatic rings. The van der Waals surface area contributed by atoms with Crippen molar-refractivity contribution in [3.8, 4) is 11.9 Å². The van der Waals surface area contributed by atoms with Crippen molar-refractivity contribution in [3.05, 3.63) is 52.6 Å². The van der Waals surface area contributed by atoms with Gasteiger partial charge in [0.25, 0.3) is 0 Å². The molecule has 2 heterocycles. The highest BCUT2D eigenvalue weighted by Crippen LogP contribution is 2.51. The van der Waals surface area contributed by atoms with E-state index in [0.29, 0.717) is 29.6 Å². The molecule has 2 atom stereocenters. The summed E-state index contributed by atoms with van der Waals surface area (Å²) >= 11 is 0. The van der Waals surface area contributed by atoms with E-state index in [-0.39, 0.29) is 29.5 Å². The summed E-state index contributed by atoms with van der Waals surface area (Å²) in [4.78, 5) is 13.4. The Labute approximate surface area is 206 Å². The molecule has 36 heavy (non-hydrogen) atoms. The van der Waals surface area contributed by atoms with Gasteiger partial charge in [0.2, 0.25) is 5.88 Å². The van der Waals surface area contributed by atoms with Crippen LogP contribution in [-0.4, -0.2) is 40.4 Å². The molecular formula is C25H26F3N5O3. The van der Waals surface area contributed by atoms with Gasteiger partial charge in [-0.15, -0.1) is 0 Å². The van der Waals surface area contributed by atoms with E-state index >= 15 is 4.39 Å². The number of nitriles is 1. The van der Waals surface area contributed by atoms with E-state index in [0.717, 1.165) is 13.0 Å². The van der Waals surface area contributed by atoms with Crippen LogP contribution in [0.5, 0.6) is 5.88 Å². The lowest BCUT2D eigenvalue weighted by atomic mass is 9.97. The zero-order chi connectivity index (χ0) is 26.3. The van der Waals surface area contributed by atoms with Gasteiger partial charge in [-0.2, -0.15) is 19.0 Å². The summed E-state index contributed by atoms with van der Waals surface area (Å²) in [6.07, 6.45) is -0.753. The lowest BCUT2D eigenvalue weighted by Gasteiger charge is -2.23. The number of rotatable bonds is 9. The number of halogens is 3. The minimum Gasteiger partial charge on any atom is -0.481 e. The van der Waals surface area contributed by atoms with Crippen LogP contribution in [0.1, 0.15) is 55.2 Å². The Hall–Kier alpha value is -3.49. The van der Waals surface area contributed by atoms with Crippen molar-refractivity contribution in [3.63, 3.8) is 0 Å². The number of benzene rings is 1. The first-order valence-electron chi connectivity index (χ1n) is 11.4. The van der Waals surface area contributed by atoms with Crippen LogP contribution in [0.15, 0.2) is 24.3 Å². The van der Waals surface area contributed by atoms with Gasteiger partial charge in [0.15, 0.2) is 11.5 Å². The van der Waals surface area contributed by atoms with E-state index in [4.69, 9.17) is 9.47 Å². The number of aliphatic hydroxyl groups is 1. The summed E-state index contributed by atoms with van der Waals surface area (Å²) in [5.41, 5.74) is -0.771. The average molecular weight is 502 g/mol. The molecule has 1 saturated carbocycles. The molecule has 4 rings (SSSR count). The molecule has 1 aliphatic carbocycles. The van der Waals surface area contributed by atoms with Gasteiger partial charge in [-0.3, -0.25) is 0 Å². The fraction of sp³-hybridized carbons (Fsp3) is 0.440. The Bertz CT molecular complexity index is 1340. The molecule has 190 valence electrons. The minimum absolute atomic E-state index is 0.0368. The minimum atomic E-state index is -3.77. The van der Waals surface area contributed by atoms with Gasteiger partial charge in [0, 0.05) is 18.2 Å². The van der Waals surface area contributed by atoms with Crippen LogP contribution in [0.3, 0.4) is 0 Å². The maximum atomic E-state index is 15.2. The van der Waals surface area contributed by atoms with Gasteiger partial charge in [0.1, 0.15) is 24.3 Å². The Morgan fingerprint density at radius 1 is 1.22 bits per heavy atom. The molecule has 2 N–H and O–H groups in total. The molecule has 2 aromatic heterocycles. The Morgan fingerprint density at radius 2 is 1.94 bits per heavy atom. The number of hydrogen-bond acceptors (Lipinski definition) is 8. The van der Waals surface area contributed by atoms with Gasteiger partial charge >= 0.3 is 5.92 Å². The number of fused-ring (bicyclic) bond motifs is 1. The number of pyridine rings is 1. The highest BCUT2D eigenvalue weighted by atomic mass is 19.3. The highest BCUT2D eigenvalue weighted by molar-refractivity contribution is 5.88. The number of hydrogen-bond donors (Lipinski definition) is 2. The van der Waals surface area contributed by atoms with Gasteiger partial charge in [-0.1, -0.05) is 12.1 Å². The van der Waals surface area contributed by atoms with Crippen molar-refractivity contribution in [1.82, 2.24) is 15.0 Å². The molecule has 8 nitrogen and oxygen atoms in total. The quantitative estimate of drug-likeness (QED) is 0.440. The van der Waals surface area contributed by atoms with E-state index in [1.807, 2.05) is 0 Å². The van der Waals surface area contributed by atoms with Crippen molar-refractivity contribution >= 4 is 16.9 Å². The van der Waals surface area contributed by atoms with Crippen LogP contribution >= 0.6 is 0 Å². The van der Waals surface area contributed by atoms with Crippen LogP contribution in [0.4, 0.5) is 19.0 Å². The van der Waals surface area contributed by atoms with Crippen LogP contribution in [0, 0.1) is 17.1 Å². The summed E-state index contributed by atoms with van der Waals surface area (Å²) in [6.45, 7) is 2.57. The second-order valence-electron chi connectivity index (χ2n) is 8.91. The monoisotopic (exact) mass is 501 g/mol. The summed E-state index contributed by atoms with van der Waals surface area (Å²) in [7, 11) is 2.94. The number of alkyl halides is 2. The molecule has 0 radical (unpaired) electrons. The lowest BCUT2D eigenvalue weighted by Crippen LogP contribution is -2.29. The normalized spacial score (nSPS) is 16.3. The van der Waals surface area contributed by atoms with Crippen molar-refractivity contribution in [2.75, 3.05) is 19.5 Å². The first-order valence-corrected chi connectivity index (χ1v) is 11.4. The van der Waals surface area contributed by atoms with E-state index in [2.05, 4.69) is 26.3 Å². The molecule has 0 bridgehead atoms. The first kappa shape index (κ1) is 25.6. The molecule has 0 spiro atoms. The van der Waals surface area contributed by atoms with Crippen molar-refractivity contribution < 1.29 is 27.8 Å². The maximum absolute atomic E-state index is 15.2. The van der Waals surface area contributed by atoms with Gasteiger partial charge < -0.3 is 19.9 Å². The molecular weight excluding hydrogens is 475 g/mol. The lowest BCUT2D eigenvalue weighted by molar-refractivity contribution is -0.108. The summed E-state index contributed by atoms with van der Waals surface area (Å²) in [5, 5.41) is 22.8. The Kier molecular flexibility index (Phi) is 6.77. The maximum Gasteiger partial charge on any atom is 0.301 e. The molecule has 0 aliphatic heterocycles. The van der Waals surface area contributed by atoms with Crippen molar-refractivity contribution in [1.29, 1.82) is 5.26 Å². The second kappa shape index (κ2) is 9.52. The van der Waals surface area contributed by atoms with Crippen LogP contribution in [-0.2, 0) is 22.7 Å². The fourth-order valence-electron chi connectivity index (χ4n) is 4.10. The van der Waals surface area contributed by atoms with Gasteiger partial charge in [0.05, 0.1) is 35.6 Å². The molecule has 1 aromatic carbocycles. The van der Waals surface area contributed by atoms with Crippen molar-refractivity contribution in [2.24, 2.45) is 0 Å². The number of aromatic nitrogens is 3. The molecule has 1 fully saturated rings. The molecule has 0 amide bonds. The number of methoxy groups -OCH3 is 2. The van der Waals surface area contributed by atoms with E-state index in [1.54, 1.807) is 13.0 Å². The molecule has 1 unspecified atom stereocenters. The van der Waals surface area contributed by atoms with Crippen molar-refractivity contribution in [2.45, 2.75) is 56.8 Å². The van der Waals surface area contributed by atoms with Crippen LogP contribution in [0.25, 0.3) is 11.0 Å². The third-order valence-electron chi connectivity index (χ3n) is 6.38. The number of ether oxygens (including phenoxy) is 2. The topological polar surface area (TPSA) is 113 Å². The molecule has 11 heteroatoms. The number of aliphatic hydroxyl groups excluding tert-OH is 1.